The molecule has 7 heteroatoms. The van der Waals surface area contributed by atoms with E-state index in [1.807, 2.05) is 0 Å². The molecule has 0 aromatic carbocycles. The molecule has 0 aliphatic rings. The number of hydrogen-bond donors (Lipinski definition) is 1. The Kier molecular flexibility index (Phi) is 9.19. The van der Waals surface area contributed by atoms with Gasteiger partial charge in [-0.2, -0.15) is 0 Å². The average molecular weight is 287 g/mol. The number of hydrogen-bond acceptors (Lipinski definition) is 6. The van der Waals surface area contributed by atoms with E-state index in [0.717, 1.165) is 6.08 Å². The van der Waals surface area contributed by atoms with Crippen molar-refractivity contribution >= 4 is 11.8 Å². The van der Waals surface area contributed by atoms with Crippen LogP contribution in [-0.4, -0.2) is 34.0 Å². The van der Waals surface area contributed by atoms with Crippen molar-refractivity contribution < 1.29 is 24.4 Å². The van der Waals surface area contributed by atoms with E-state index in [1.165, 1.54) is 0 Å². The van der Waals surface area contributed by atoms with Crippen LogP contribution in [0, 0.1) is 10.1 Å². The Labute approximate surface area is 117 Å². The molecule has 0 saturated carbocycles. The zero-order valence-electron chi connectivity index (χ0n) is 11.8. The predicted molar refractivity (Wildman–Crippen MR) is 71.5 cm³/mol. The zero-order valence-corrected chi connectivity index (χ0v) is 11.8. The van der Waals surface area contributed by atoms with Crippen molar-refractivity contribution in [3.63, 3.8) is 0 Å². The molecule has 1 atom stereocenters. The highest BCUT2D eigenvalue weighted by atomic mass is 16.6. The molecule has 20 heavy (non-hydrogen) atoms. The van der Waals surface area contributed by atoms with Gasteiger partial charge < -0.3 is 9.84 Å². The Hall–Kier alpha value is -1.76. The minimum absolute atomic E-state index is 0.146. The highest BCUT2D eigenvalue weighted by molar-refractivity contribution is 5.79. The Morgan fingerprint density at radius 2 is 1.90 bits per heavy atom. The number of rotatable bonds is 10. The fourth-order valence-corrected chi connectivity index (χ4v) is 1.49. The fourth-order valence-electron chi connectivity index (χ4n) is 1.49. The van der Waals surface area contributed by atoms with Crippen molar-refractivity contribution in [2.45, 2.75) is 58.2 Å². The van der Waals surface area contributed by atoms with Crippen LogP contribution in [0.3, 0.4) is 0 Å². The number of nitrogens with zero attached hydrogens (tertiary/aromatic N) is 1. The van der Waals surface area contributed by atoms with Gasteiger partial charge in [-0.15, -0.1) is 0 Å². The summed E-state index contributed by atoms with van der Waals surface area (Å²) >= 11 is 0. The normalized spacial score (nSPS) is 12.6. The van der Waals surface area contributed by atoms with Gasteiger partial charge in [0.1, 0.15) is 5.78 Å². The molecule has 0 radical (unpaired) electrons. The number of aliphatic hydroxyl groups is 1. The van der Waals surface area contributed by atoms with Crippen molar-refractivity contribution in [3.05, 3.63) is 22.4 Å². The molecule has 0 aromatic rings. The zero-order chi connectivity index (χ0) is 15.5. The van der Waals surface area contributed by atoms with Crippen molar-refractivity contribution in [1.82, 2.24) is 0 Å². The molecule has 0 bridgehead atoms. The summed E-state index contributed by atoms with van der Waals surface area (Å²) in [5.74, 6) is -0.482. The van der Waals surface area contributed by atoms with E-state index in [1.54, 1.807) is 13.8 Å². The summed E-state index contributed by atoms with van der Waals surface area (Å²) in [5.41, 5.74) is 0. The highest BCUT2D eigenvalue weighted by Gasteiger charge is 2.10. The molecule has 0 aliphatic carbocycles. The Bertz CT molecular complexity index is 364. The average Bonchev–Trinajstić information content (AvgIpc) is 2.31. The third-order valence-corrected chi connectivity index (χ3v) is 2.32. The van der Waals surface area contributed by atoms with E-state index >= 15 is 0 Å². The molecule has 1 N–H and O–H groups in total. The van der Waals surface area contributed by atoms with Crippen LogP contribution in [0.4, 0.5) is 0 Å². The summed E-state index contributed by atoms with van der Waals surface area (Å²) in [6.45, 7) is 3.53. The van der Waals surface area contributed by atoms with Gasteiger partial charge in [0.2, 0.25) is 6.20 Å². The Morgan fingerprint density at radius 3 is 2.45 bits per heavy atom. The quantitative estimate of drug-likeness (QED) is 0.283. The lowest BCUT2D eigenvalue weighted by atomic mass is 10.1. The van der Waals surface area contributed by atoms with E-state index in [9.17, 15) is 24.8 Å². The third-order valence-electron chi connectivity index (χ3n) is 2.32. The third kappa shape index (κ3) is 11.3. The van der Waals surface area contributed by atoms with Crippen molar-refractivity contribution in [2.75, 3.05) is 0 Å². The lowest BCUT2D eigenvalue weighted by Crippen LogP contribution is -2.12. The van der Waals surface area contributed by atoms with E-state index in [-0.39, 0.29) is 37.1 Å². The number of carbonyl (C=O) groups excluding carboxylic acids is 2. The minimum Gasteiger partial charge on any atom is -0.463 e. The number of esters is 1. The maximum Gasteiger partial charge on any atom is 0.306 e. The minimum atomic E-state index is -1.14. The molecule has 7 nitrogen and oxygen atoms in total. The first-order valence-electron chi connectivity index (χ1n) is 6.52. The first kappa shape index (κ1) is 18.2. The second-order valence-electron chi connectivity index (χ2n) is 4.68. The van der Waals surface area contributed by atoms with Gasteiger partial charge in [0.05, 0.1) is 17.1 Å². The summed E-state index contributed by atoms with van der Waals surface area (Å²) in [4.78, 5) is 32.0. The SMILES string of the molecule is CC(C)OC(=O)CCCCC(=O)C[C@H](O)C=C[N+](=O)[O-]. The summed E-state index contributed by atoms with van der Waals surface area (Å²) in [5, 5.41) is 19.3. The van der Waals surface area contributed by atoms with E-state index in [2.05, 4.69) is 0 Å². The molecule has 0 heterocycles. The standard InChI is InChI=1S/C13H21NO6/c1-10(2)20-13(17)6-4-3-5-11(15)9-12(16)7-8-14(18)19/h7-8,10,12,16H,3-6,9H2,1-2H3/t12-/m1/s1. The summed E-state index contributed by atoms with van der Waals surface area (Å²) in [7, 11) is 0. The number of ketones is 1. The van der Waals surface area contributed by atoms with Gasteiger partial charge >= 0.3 is 5.97 Å². The largest absolute Gasteiger partial charge is 0.463 e. The van der Waals surface area contributed by atoms with Gasteiger partial charge in [0, 0.05) is 25.3 Å². The van der Waals surface area contributed by atoms with E-state index < -0.39 is 11.0 Å². The Morgan fingerprint density at radius 1 is 1.30 bits per heavy atom. The molecule has 0 spiro atoms. The number of unbranched alkanes of at least 4 members (excludes halogenated alkanes) is 1. The summed E-state index contributed by atoms with van der Waals surface area (Å²) in [6.07, 6.45) is 1.70. The lowest BCUT2D eigenvalue weighted by Gasteiger charge is -2.07. The molecular weight excluding hydrogens is 266 g/mol. The monoisotopic (exact) mass is 287 g/mol. The van der Waals surface area contributed by atoms with Crippen LogP contribution in [-0.2, 0) is 14.3 Å². The van der Waals surface area contributed by atoms with Crippen LogP contribution in [0.1, 0.15) is 46.0 Å². The second-order valence-corrected chi connectivity index (χ2v) is 4.68. The van der Waals surface area contributed by atoms with Gasteiger partial charge in [0.15, 0.2) is 0 Å². The number of nitro groups is 1. The predicted octanol–water partition coefficient (Wildman–Crippen LogP) is 1.61. The van der Waals surface area contributed by atoms with Crippen molar-refractivity contribution in [2.24, 2.45) is 0 Å². The number of carbonyl (C=O) groups is 2. The van der Waals surface area contributed by atoms with Crippen LogP contribution in [0.5, 0.6) is 0 Å². The van der Waals surface area contributed by atoms with Crippen molar-refractivity contribution in [1.29, 1.82) is 0 Å². The van der Waals surface area contributed by atoms with Crippen LogP contribution in [0.25, 0.3) is 0 Å². The molecule has 0 saturated heterocycles. The fraction of sp³-hybridized carbons (Fsp3) is 0.692. The smallest absolute Gasteiger partial charge is 0.306 e. The maximum absolute atomic E-state index is 11.4. The first-order chi connectivity index (χ1) is 9.31. The molecule has 114 valence electrons. The van der Waals surface area contributed by atoms with Crippen LogP contribution in [0.2, 0.25) is 0 Å². The molecule has 0 unspecified atom stereocenters. The van der Waals surface area contributed by atoms with Gasteiger partial charge in [-0.1, -0.05) is 0 Å². The lowest BCUT2D eigenvalue weighted by molar-refractivity contribution is -0.402. The van der Waals surface area contributed by atoms with Crippen LogP contribution >= 0.6 is 0 Å². The van der Waals surface area contributed by atoms with Gasteiger partial charge in [-0.25, -0.2) is 0 Å². The molecule has 0 amide bonds. The molecule has 0 aromatic heterocycles. The number of Topliss-reactive ketones (excluding diaryl/α,β-unsaturated/α-hetero) is 1. The molecular formula is C13H21NO6. The highest BCUT2D eigenvalue weighted by Crippen LogP contribution is 2.07. The maximum atomic E-state index is 11.4. The molecule has 0 rings (SSSR count). The summed E-state index contributed by atoms with van der Waals surface area (Å²) in [6, 6.07) is 0. The summed E-state index contributed by atoms with van der Waals surface area (Å²) < 4.78 is 4.94. The van der Waals surface area contributed by atoms with Crippen molar-refractivity contribution in [3.8, 4) is 0 Å². The van der Waals surface area contributed by atoms with E-state index in [4.69, 9.17) is 4.74 Å². The molecule has 0 fully saturated rings. The topological polar surface area (TPSA) is 107 Å². The number of aliphatic hydroxyl groups excluding tert-OH is 1. The second kappa shape index (κ2) is 10.1. The van der Waals surface area contributed by atoms with Gasteiger partial charge in [-0.3, -0.25) is 19.7 Å². The van der Waals surface area contributed by atoms with Crippen LogP contribution < -0.4 is 0 Å². The number of ether oxygens (including phenoxy) is 1. The van der Waals surface area contributed by atoms with Gasteiger partial charge in [-0.05, 0) is 26.7 Å². The Balaban J connectivity index is 3.73. The van der Waals surface area contributed by atoms with Gasteiger partial charge in [0.25, 0.3) is 0 Å². The first-order valence-corrected chi connectivity index (χ1v) is 6.52. The van der Waals surface area contributed by atoms with Crippen LogP contribution in [0.15, 0.2) is 12.3 Å². The molecule has 0 aliphatic heterocycles. The van der Waals surface area contributed by atoms with E-state index in [0.29, 0.717) is 19.0 Å².